The summed E-state index contributed by atoms with van der Waals surface area (Å²) in [5.41, 5.74) is 11.7. The first-order chi connectivity index (χ1) is 22.0. The van der Waals surface area contributed by atoms with E-state index >= 15 is 4.39 Å². The third-order valence-electron chi connectivity index (χ3n) is 8.25. The zero-order valence-corrected chi connectivity index (χ0v) is 26.8. The number of alkyl halides is 1. The van der Waals surface area contributed by atoms with Crippen LogP contribution in [-0.4, -0.2) is 95.4 Å². The average molecular weight is 720 g/mol. The topological polar surface area (TPSA) is 243 Å². The van der Waals surface area contributed by atoms with Gasteiger partial charge in [-0.25, -0.2) is 28.5 Å². The maximum atomic E-state index is 16.0. The lowest BCUT2D eigenvalue weighted by Gasteiger charge is -2.32. The summed E-state index contributed by atoms with van der Waals surface area (Å²) in [7, 11) is 0. The number of nitrogens with zero attached hydrogens (tertiary/aromatic N) is 7. The molecule has 19 nitrogen and oxygen atoms in total. The quantitative estimate of drug-likeness (QED) is 0.108. The van der Waals surface area contributed by atoms with Crippen LogP contribution in [0.2, 0.25) is 0 Å². The minimum Gasteiger partial charge on any atom is -0.382 e. The number of thiol groups is 1. The Balaban J connectivity index is 1.13. The third kappa shape index (κ3) is 5.03. The molecule has 8 heterocycles. The summed E-state index contributed by atoms with van der Waals surface area (Å²) in [6.45, 7) is -9.23. The molecule has 8 rings (SSSR count). The van der Waals surface area contributed by atoms with E-state index in [9.17, 15) is 9.46 Å². The van der Waals surface area contributed by atoms with Crippen LogP contribution in [-0.2, 0) is 48.7 Å². The number of nitrogen functional groups attached to an aromatic ring is 2. The molecule has 0 aromatic carbocycles. The molecule has 10 atom stereocenters. The highest BCUT2D eigenvalue weighted by Crippen LogP contribution is 2.60. The Morgan fingerprint density at radius 3 is 2.78 bits per heavy atom. The summed E-state index contributed by atoms with van der Waals surface area (Å²) in [4.78, 5) is 34.7. The fourth-order valence-electron chi connectivity index (χ4n) is 6.14. The monoisotopic (exact) mass is 719 g/mol. The van der Waals surface area contributed by atoms with Gasteiger partial charge in [0.1, 0.15) is 35.8 Å². The van der Waals surface area contributed by atoms with Gasteiger partial charge in [0.2, 0.25) is 11.7 Å². The van der Waals surface area contributed by atoms with Crippen molar-refractivity contribution in [2.24, 2.45) is 0 Å². The molecule has 4 fully saturated rings. The Bertz CT molecular complexity index is 1940. The minimum atomic E-state index is -4.37. The summed E-state index contributed by atoms with van der Waals surface area (Å²) < 4.78 is 74.3. The van der Waals surface area contributed by atoms with E-state index in [0.717, 1.165) is 0 Å². The van der Waals surface area contributed by atoms with Crippen molar-refractivity contribution in [3.05, 3.63) is 25.3 Å². The maximum absolute atomic E-state index is 16.0. The number of aromatic nitrogens is 8. The molecule has 46 heavy (non-hydrogen) atoms. The van der Waals surface area contributed by atoms with Crippen LogP contribution < -0.4 is 16.0 Å². The summed E-state index contributed by atoms with van der Waals surface area (Å²) in [6, 6.07) is 0. The molecule has 246 valence electrons. The number of hydrogen-bond acceptors (Lipinski definition) is 16. The van der Waals surface area contributed by atoms with Crippen LogP contribution in [0.3, 0.4) is 0 Å². The van der Waals surface area contributed by atoms with Gasteiger partial charge >= 0.3 is 19.2 Å². The van der Waals surface area contributed by atoms with Gasteiger partial charge in [0.05, 0.1) is 32.3 Å². The van der Waals surface area contributed by atoms with Crippen molar-refractivity contribution in [2.75, 3.05) is 31.3 Å². The summed E-state index contributed by atoms with van der Waals surface area (Å²) in [5.74, 6) is 0.303. The van der Waals surface area contributed by atoms with Crippen LogP contribution >= 0.6 is 25.8 Å². The van der Waals surface area contributed by atoms with Crippen molar-refractivity contribution in [1.82, 2.24) is 34.5 Å². The molecule has 10 unspecified atom stereocenters. The second-order valence-electron chi connectivity index (χ2n) is 11.0. The number of imidazole rings is 2. The maximum Gasteiger partial charge on any atom is 0.386 e. The number of aromatic amines is 1. The normalized spacial score (nSPS) is 39.9. The molecule has 4 bridgehead atoms. The van der Waals surface area contributed by atoms with E-state index in [1.165, 1.54) is 23.5 Å². The van der Waals surface area contributed by atoms with Crippen LogP contribution in [0.4, 0.5) is 16.0 Å². The molecule has 24 heteroatoms. The van der Waals surface area contributed by atoms with Crippen LogP contribution in [0.15, 0.2) is 25.3 Å². The van der Waals surface area contributed by atoms with E-state index in [0.29, 0.717) is 11.2 Å². The first-order valence-electron chi connectivity index (χ1n) is 13.8. The number of rotatable bonds is 2. The molecular weight excluding hydrogens is 693 g/mol. The fourth-order valence-corrected chi connectivity index (χ4v) is 9.11. The molecule has 0 spiro atoms. The van der Waals surface area contributed by atoms with Gasteiger partial charge in [-0.2, -0.15) is 4.98 Å². The summed E-state index contributed by atoms with van der Waals surface area (Å²) in [5, 5.41) is 0. The molecule has 4 aliphatic heterocycles. The van der Waals surface area contributed by atoms with Crippen LogP contribution in [0.5, 0.6) is 0 Å². The lowest BCUT2D eigenvalue weighted by atomic mass is 10.0. The Labute approximate surface area is 268 Å². The van der Waals surface area contributed by atoms with Crippen molar-refractivity contribution in [3.8, 4) is 0 Å². The predicted molar refractivity (Wildman–Crippen MR) is 159 cm³/mol. The molecule has 4 aliphatic rings. The number of H-pyrrole nitrogens is 1. The summed E-state index contributed by atoms with van der Waals surface area (Å²) in [6.07, 6.45) is -3.29. The van der Waals surface area contributed by atoms with Crippen LogP contribution in [0.1, 0.15) is 18.9 Å². The molecule has 6 N–H and O–H groups in total. The van der Waals surface area contributed by atoms with Gasteiger partial charge in [-0.05, 0) is 11.8 Å². The van der Waals surface area contributed by atoms with E-state index in [1.54, 1.807) is 10.9 Å². The van der Waals surface area contributed by atoms with E-state index < -0.39 is 68.8 Å². The minimum absolute atomic E-state index is 0.0947. The molecule has 4 saturated heterocycles. The van der Waals surface area contributed by atoms with Gasteiger partial charge in [-0.3, -0.25) is 23.1 Å². The van der Waals surface area contributed by atoms with Crippen molar-refractivity contribution < 1.29 is 50.7 Å². The number of nitrogens with one attached hydrogen (secondary N) is 1. The van der Waals surface area contributed by atoms with E-state index in [1.807, 2.05) is 0 Å². The SMILES string of the molecule is Nc1ncnc2c1ncn2C1OC2CCOP(O)(=S)OC3C4OCC3(COP(=O)(S)OC1C2F)OC4[n+]1c[nH]c2c(N)ncnc21. The molecular formula is C22H26FN10O9P2S2+. The number of anilines is 2. The first-order valence-corrected chi connectivity index (χ1v) is 19.1. The second kappa shape index (κ2) is 11.0. The van der Waals surface area contributed by atoms with Gasteiger partial charge in [-0.1, -0.05) is 17.2 Å². The molecule has 0 radical (unpaired) electrons. The van der Waals surface area contributed by atoms with Crippen molar-refractivity contribution in [2.45, 2.75) is 55.1 Å². The lowest BCUT2D eigenvalue weighted by Crippen LogP contribution is -2.49. The van der Waals surface area contributed by atoms with Gasteiger partial charge < -0.3 is 35.1 Å². The smallest absolute Gasteiger partial charge is 0.382 e. The zero-order valence-electron chi connectivity index (χ0n) is 23.3. The average Bonchev–Trinajstić information content (AvgIpc) is 3.82. The largest absolute Gasteiger partial charge is 0.386 e. The van der Waals surface area contributed by atoms with Crippen molar-refractivity contribution in [3.63, 3.8) is 0 Å². The number of ether oxygens (including phenoxy) is 3. The van der Waals surface area contributed by atoms with E-state index in [4.69, 9.17) is 55.6 Å². The second-order valence-corrected chi connectivity index (χ2v) is 16.7. The molecule has 4 aromatic heterocycles. The van der Waals surface area contributed by atoms with E-state index in [2.05, 4.69) is 42.2 Å². The Hall–Kier alpha value is -2.46. The van der Waals surface area contributed by atoms with Gasteiger partial charge in [0.25, 0.3) is 0 Å². The van der Waals surface area contributed by atoms with Crippen LogP contribution in [0, 0.1) is 0 Å². The number of halogens is 1. The number of nitrogens with two attached hydrogens (primary N) is 2. The fraction of sp³-hybridized carbons (Fsp3) is 0.545. The highest BCUT2D eigenvalue weighted by Gasteiger charge is 2.66. The number of hydrogen-bond donors (Lipinski definition) is 5. The summed E-state index contributed by atoms with van der Waals surface area (Å²) >= 11 is 9.51. The van der Waals surface area contributed by atoms with Gasteiger partial charge in [0, 0.05) is 6.42 Å². The number of fused-ring (bicyclic) bond motifs is 4. The van der Waals surface area contributed by atoms with Crippen molar-refractivity contribution in [1.29, 1.82) is 0 Å². The Morgan fingerprint density at radius 1 is 1.13 bits per heavy atom. The van der Waals surface area contributed by atoms with Crippen LogP contribution in [0.25, 0.3) is 22.3 Å². The van der Waals surface area contributed by atoms with Gasteiger partial charge in [-0.15, -0.1) is 0 Å². The molecule has 0 amide bonds. The molecule has 0 saturated carbocycles. The highest BCUT2D eigenvalue weighted by atomic mass is 32.7. The molecule has 0 aliphatic carbocycles. The third-order valence-corrected chi connectivity index (χ3v) is 11.4. The predicted octanol–water partition coefficient (Wildman–Crippen LogP) is 0.614. The first kappa shape index (κ1) is 30.8. The van der Waals surface area contributed by atoms with Gasteiger partial charge in [0.15, 0.2) is 42.3 Å². The Kier molecular flexibility index (Phi) is 7.40. The van der Waals surface area contributed by atoms with Crippen molar-refractivity contribution >= 4 is 71.5 Å². The highest BCUT2D eigenvalue weighted by molar-refractivity contribution is 8.44. The lowest BCUT2D eigenvalue weighted by molar-refractivity contribution is -0.751. The molecule has 4 aromatic rings. The van der Waals surface area contributed by atoms with E-state index in [-0.39, 0.29) is 42.4 Å². The zero-order chi connectivity index (χ0) is 32.0. The standard InChI is InChI=1S/C22H25FN10O9P2S2/c23-10-9-1-2-37-43(34,45)42-15-14-21(33-8-31-12-17(25)27-6-29-19(12)33)40-22(15,3-36-14)4-38-44(35,46)41-13(10)20(39-9)32-7-30-11-16(24)26-5-28-18(11)32/h5-10,13-15,20-21H,1-4H2,(H6,24,25,26,27,28,29,34,35,45,46)/p+1. The Morgan fingerprint density at radius 2 is 1.93 bits per heavy atom.